The van der Waals surface area contributed by atoms with Crippen molar-refractivity contribution >= 4 is 18.9 Å². The molecule has 0 aromatic carbocycles. The molecule has 0 saturated carbocycles. The zero-order chi connectivity index (χ0) is 12.3. The predicted molar refractivity (Wildman–Crippen MR) is 58.2 cm³/mol. The van der Waals surface area contributed by atoms with E-state index < -0.39 is 13.1 Å². The van der Waals surface area contributed by atoms with Crippen LogP contribution in [0.3, 0.4) is 0 Å². The molecule has 1 heterocycles. The van der Waals surface area contributed by atoms with Crippen LogP contribution in [0.2, 0.25) is 0 Å². The Bertz CT molecular complexity index is 285. The minimum atomic E-state index is -1.51. The van der Waals surface area contributed by atoms with Crippen molar-refractivity contribution in [2.45, 2.75) is 25.7 Å². The molecule has 16 heavy (non-hydrogen) atoms. The number of carbonyl (C=O) groups is 2. The largest absolute Gasteiger partial charge is 0.475 e. The van der Waals surface area contributed by atoms with Crippen LogP contribution in [0.1, 0.15) is 19.8 Å². The highest BCUT2D eigenvalue weighted by atomic mass is 16.4. The normalized spacial score (nSPS) is 19.8. The molecule has 90 valence electrons. The highest BCUT2D eigenvalue weighted by Crippen LogP contribution is 2.18. The van der Waals surface area contributed by atoms with Crippen LogP contribution in [0.25, 0.3) is 0 Å². The molecule has 0 spiro atoms. The Morgan fingerprint density at radius 2 is 2.12 bits per heavy atom. The van der Waals surface area contributed by atoms with E-state index in [2.05, 4.69) is 0 Å². The van der Waals surface area contributed by atoms with Gasteiger partial charge in [0.15, 0.2) is 0 Å². The summed E-state index contributed by atoms with van der Waals surface area (Å²) in [4.78, 5) is 25.5. The lowest BCUT2D eigenvalue weighted by atomic mass is 9.78. The lowest BCUT2D eigenvalue weighted by molar-refractivity contribution is -0.138. The van der Waals surface area contributed by atoms with E-state index in [-0.39, 0.29) is 18.4 Å². The highest BCUT2D eigenvalue weighted by molar-refractivity contribution is 6.43. The van der Waals surface area contributed by atoms with Gasteiger partial charge in [-0.3, -0.25) is 9.59 Å². The van der Waals surface area contributed by atoms with Gasteiger partial charge in [-0.25, -0.2) is 0 Å². The summed E-state index contributed by atoms with van der Waals surface area (Å²) in [6, 6.07) is 0. The maximum absolute atomic E-state index is 11.8. The molecule has 7 heteroatoms. The Balaban J connectivity index is 2.56. The predicted octanol–water partition coefficient (Wildman–Crippen LogP) is -1.53. The Labute approximate surface area is 95.0 Å². The maximum Gasteiger partial charge on any atom is 0.475 e. The molecule has 1 rings (SSSR count). The Morgan fingerprint density at radius 3 is 2.62 bits per heavy atom. The molecule has 0 bridgehead atoms. The molecule has 1 atom stereocenters. The van der Waals surface area contributed by atoms with Crippen LogP contribution in [0.4, 0.5) is 0 Å². The van der Waals surface area contributed by atoms with Crippen molar-refractivity contribution in [1.29, 1.82) is 0 Å². The quantitative estimate of drug-likeness (QED) is 0.574. The van der Waals surface area contributed by atoms with Crippen LogP contribution in [0.5, 0.6) is 0 Å². The van der Waals surface area contributed by atoms with E-state index in [1.165, 1.54) is 16.7 Å². The van der Waals surface area contributed by atoms with Crippen LogP contribution < -0.4 is 0 Å². The molecule has 1 fully saturated rings. The second kappa shape index (κ2) is 5.31. The lowest BCUT2D eigenvalue weighted by Gasteiger charge is -2.26. The summed E-state index contributed by atoms with van der Waals surface area (Å²) in [5.41, 5.74) is 0. The van der Waals surface area contributed by atoms with Crippen molar-refractivity contribution in [3.8, 4) is 0 Å². The third-order valence-electron chi connectivity index (χ3n) is 2.87. The van der Waals surface area contributed by atoms with Crippen LogP contribution in [-0.2, 0) is 9.59 Å². The number of amides is 2. The Hall–Kier alpha value is -1.08. The fourth-order valence-electron chi connectivity index (χ4n) is 1.82. The maximum atomic E-state index is 11.8. The monoisotopic (exact) mass is 228 g/mol. The van der Waals surface area contributed by atoms with Crippen LogP contribution in [0.15, 0.2) is 0 Å². The van der Waals surface area contributed by atoms with Crippen molar-refractivity contribution in [2.75, 3.05) is 20.1 Å². The van der Waals surface area contributed by atoms with Gasteiger partial charge in [-0.2, -0.15) is 0 Å². The van der Waals surface area contributed by atoms with Crippen LogP contribution in [-0.4, -0.2) is 64.9 Å². The van der Waals surface area contributed by atoms with E-state index in [0.29, 0.717) is 13.0 Å². The van der Waals surface area contributed by atoms with Gasteiger partial charge in [0, 0.05) is 20.5 Å². The second-order valence-electron chi connectivity index (χ2n) is 4.09. The third kappa shape index (κ3) is 2.96. The van der Waals surface area contributed by atoms with Gasteiger partial charge < -0.3 is 19.8 Å². The van der Waals surface area contributed by atoms with E-state index in [1.807, 2.05) is 0 Å². The van der Waals surface area contributed by atoms with Crippen molar-refractivity contribution in [1.82, 2.24) is 9.80 Å². The number of likely N-dealkylation sites (N-methyl/N-ethyl adjacent to an activating group) is 1. The fraction of sp³-hybridized carbons (Fsp3) is 0.778. The van der Waals surface area contributed by atoms with Gasteiger partial charge in [0.2, 0.25) is 11.8 Å². The SMILES string of the molecule is CC(=O)N(C)CC(=O)N1CCCC1B(O)O. The number of carbonyl (C=O) groups excluding carboxylic acids is 2. The lowest BCUT2D eigenvalue weighted by Crippen LogP contribution is -2.49. The van der Waals surface area contributed by atoms with E-state index in [9.17, 15) is 9.59 Å². The third-order valence-corrected chi connectivity index (χ3v) is 2.87. The van der Waals surface area contributed by atoms with Gasteiger partial charge in [-0.05, 0) is 12.8 Å². The Kier molecular flexibility index (Phi) is 4.31. The van der Waals surface area contributed by atoms with Gasteiger partial charge in [-0.15, -0.1) is 0 Å². The number of hydrogen-bond acceptors (Lipinski definition) is 4. The summed E-state index contributed by atoms with van der Waals surface area (Å²) in [6.45, 7) is 1.89. The summed E-state index contributed by atoms with van der Waals surface area (Å²) in [5.74, 6) is -0.963. The summed E-state index contributed by atoms with van der Waals surface area (Å²) >= 11 is 0. The van der Waals surface area contributed by atoms with Gasteiger partial charge in [0.05, 0.1) is 12.5 Å². The number of likely N-dealkylation sites (tertiary alicyclic amines) is 1. The molecule has 2 amide bonds. The average Bonchev–Trinajstić information content (AvgIpc) is 2.65. The van der Waals surface area contributed by atoms with Crippen molar-refractivity contribution < 1.29 is 19.6 Å². The van der Waals surface area contributed by atoms with Crippen LogP contribution in [0, 0.1) is 0 Å². The van der Waals surface area contributed by atoms with Crippen molar-refractivity contribution in [2.24, 2.45) is 0 Å². The minimum Gasteiger partial charge on any atom is -0.426 e. The van der Waals surface area contributed by atoms with Crippen molar-refractivity contribution in [3.63, 3.8) is 0 Å². The average molecular weight is 228 g/mol. The molecular weight excluding hydrogens is 211 g/mol. The number of nitrogens with zero attached hydrogens (tertiary/aromatic N) is 2. The summed E-state index contributed by atoms with van der Waals surface area (Å²) in [7, 11) is 0.0369. The van der Waals surface area contributed by atoms with E-state index >= 15 is 0 Å². The molecule has 1 saturated heterocycles. The fourth-order valence-corrected chi connectivity index (χ4v) is 1.82. The molecule has 0 aromatic rings. The Morgan fingerprint density at radius 1 is 1.50 bits per heavy atom. The van der Waals surface area contributed by atoms with E-state index in [4.69, 9.17) is 10.0 Å². The van der Waals surface area contributed by atoms with E-state index in [1.54, 1.807) is 7.05 Å². The number of rotatable bonds is 3. The topological polar surface area (TPSA) is 81.1 Å². The van der Waals surface area contributed by atoms with Crippen LogP contribution >= 0.6 is 0 Å². The molecule has 2 N–H and O–H groups in total. The first kappa shape index (κ1) is 13.0. The molecule has 0 aliphatic carbocycles. The van der Waals surface area contributed by atoms with Gasteiger partial charge in [0.1, 0.15) is 0 Å². The zero-order valence-electron chi connectivity index (χ0n) is 9.59. The van der Waals surface area contributed by atoms with Gasteiger partial charge in [0.25, 0.3) is 0 Å². The first-order chi connectivity index (χ1) is 7.43. The molecule has 6 nitrogen and oxygen atoms in total. The summed E-state index contributed by atoms with van der Waals surface area (Å²) in [5, 5.41) is 18.2. The smallest absolute Gasteiger partial charge is 0.426 e. The summed E-state index contributed by atoms with van der Waals surface area (Å²) < 4.78 is 0. The molecule has 1 aliphatic heterocycles. The van der Waals surface area contributed by atoms with Gasteiger partial charge >= 0.3 is 7.12 Å². The molecular formula is C9H17BN2O4. The molecule has 1 aliphatic rings. The zero-order valence-corrected chi connectivity index (χ0v) is 9.59. The highest BCUT2D eigenvalue weighted by Gasteiger charge is 2.36. The molecule has 1 unspecified atom stereocenters. The number of hydrogen-bond donors (Lipinski definition) is 2. The van der Waals surface area contributed by atoms with E-state index in [0.717, 1.165) is 6.42 Å². The second-order valence-corrected chi connectivity index (χ2v) is 4.09. The first-order valence-electron chi connectivity index (χ1n) is 5.30. The standard InChI is InChI=1S/C9H17BN2O4/c1-7(13)11(2)6-9(14)12-5-3-4-8(12)10(15)16/h8,15-16H,3-6H2,1-2H3. The summed E-state index contributed by atoms with van der Waals surface area (Å²) in [6.07, 6.45) is 1.35. The molecule has 0 aromatic heterocycles. The van der Waals surface area contributed by atoms with Crippen molar-refractivity contribution in [3.05, 3.63) is 0 Å². The first-order valence-corrected chi connectivity index (χ1v) is 5.30. The molecule has 0 radical (unpaired) electrons. The van der Waals surface area contributed by atoms with Gasteiger partial charge in [-0.1, -0.05) is 0 Å². The minimum absolute atomic E-state index is 0.0153.